The minimum Gasteiger partial charge on any atom is -0.493 e. The molecule has 0 aliphatic heterocycles. The van der Waals surface area contributed by atoms with E-state index in [1.807, 2.05) is 31.2 Å². The number of amides is 1. The van der Waals surface area contributed by atoms with Crippen molar-refractivity contribution in [2.75, 3.05) is 18.6 Å². The minimum atomic E-state index is -0.265. The van der Waals surface area contributed by atoms with Crippen LogP contribution < -0.4 is 20.6 Å². The summed E-state index contributed by atoms with van der Waals surface area (Å²) in [7, 11) is 1.57. The summed E-state index contributed by atoms with van der Waals surface area (Å²) in [6.07, 6.45) is 1.53. The number of nitrogen functional groups attached to an aromatic ring is 1. The van der Waals surface area contributed by atoms with Gasteiger partial charge in [0.1, 0.15) is 6.61 Å². The van der Waals surface area contributed by atoms with E-state index in [4.69, 9.17) is 15.2 Å². The van der Waals surface area contributed by atoms with E-state index in [1.54, 1.807) is 13.2 Å². The first-order valence-electron chi connectivity index (χ1n) is 9.04. The molecule has 0 spiro atoms. The van der Waals surface area contributed by atoms with Gasteiger partial charge in [-0.1, -0.05) is 52.9 Å². The fraction of sp³-hybridized carbons (Fsp3) is 0.200. The fourth-order valence-electron chi connectivity index (χ4n) is 2.53. The summed E-state index contributed by atoms with van der Waals surface area (Å²) in [6, 6.07) is 11.7. The zero-order chi connectivity index (χ0) is 22.2. The van der Waals surface area contributed by atoms with Crippen LogP contribution >= 0.6 is 39.0 Å². The second-order valence-electron chi connectivity index (χ2n) is 6.30. The molecule has 0 radical (unpaired) electrons. The Labute approximate surface area is 196 Å². The summed E-state index contributed by atoms with van der Waals surface area (Å²) in [5.41, 5.74) is 11.0. The van der Waals surface area contributed by atoms with E-state index in [9.17, 15) is 4.79 Å². The highest BCUT2D eigenvalue weighted by Crippen LogP contribution is 2.37. The molecule has 0 saturated heterocycles. The molecule has 3 rings (SSSR count). The molecule has 0 atom stereocenters. The molecule has 11 heteroatoms. The Morgan fingerprint density at radius 3 is 2.90 bits per heavy atom. The molecule has 3 N–H and O–H groups in total. The van der Waals surface area contributed by atoms with Crippen LogP contribution in [0.4, 0.5) is 5.13 Å². The Morgan fingerprint density at radius 1 is 1.35 bits per heavy atom. The summed E-state index contributed by atoms with van der Waals surface area (Å²) < 4.78 is 12.8. The number of nitrogens with one attached hydrogen (secondary N) is 1. The highest BCUT2D eigenvalue weighted by molar-refractivity contribution is 9.10. The van der Waals surface area contributed by atoms with Crippen molar-refractivity contribution in [1.82, 2.24) is 15.6 Å². The predicted octanol–water partition coefficient (Wildman–Crippen LogP) is 4.02. The Hall–Kier alpha value is -2.63. The van der Waals surface area contributed by atoms with Gasteiger partial charge in [0.15, 0.2) is 15.8 Å². The third kappa shape index (κ3) is 6.94. The van der Waals surface area contributed by atoms with Crippen molar-refractivity contribution in [1.29, 1.82) is 0 Å². The number of carbonyl (C=O) groups is 1. The number of aryl methyl sites for hydroxylation is 1. The van der Waals surface area contributed by atoms with Crippen LogP contribution in [0.15, 0.2) is 50.3 Å². The maximum absolute atomic E-state index is 11.9. The van der Waals surface area contributed by atoms with Gasteiger partial charge in [0.2, 0.25) is 5.13 Å². The first kappa shape index (κ1) is 23.0. The van der Waals surface area contributed by atoms with Crippen LogP contribution in [-0.2, 0) is 11.4 Å². The van der Waals surface area contributed by atoms with Crippen LogP contribution in [-0.4, -0.2) is 35.2 Å². The van der Waals surface area contributed by atoms with Crippen molar-refractivity contribution in [2.24, 2.45) is 5.10 Å². The van der Waals surface area contributed by atoms with Gasteiger partial charge in [-0.15, -0.1) is 10.2 Å². The summed E-state index contributed by atoms with van der Waals surface area (Å²) in [4.78, 5) is 11.9. The van der Waals surface area contributed by atoms with Crippen molar-refractivity contribution in [3.8, 4) is 11.5 Å². The number of nitrogens with zero attached hydrogens (tertiary/aromatic N) is 3. The number of anilines is 1. The molecular weight excluding hydrogens is 502 g/mol. The van der Waals surface area contributed by atoms with Crippen molar-refractivity contribution < 1.29 is 14.3 Å². The van der Waals surface area contributed by atoms with Gasteiger partial charge in [0.25, 0.3) is 5.91 Å². The van der Waals surface area contributed by atoms with Crippen LogP contribution in [0.5, 0.6) is 11.5 Å². The molecule has 3 aromatic rings. The largest absolute Gasteiger partial charge is 0.493 e. The lowest BCUT2D eigenvalue weighted by molar-refractivity contribution is -0.118. The van der Waals surface area contributed by atoms with Crippen molar-refractivity contribution in [3.05, 3.63) is 57.6 Å². The van der Waals surface area contributed by atoms with Gasteiger partial charge >= 0.3 is 0 Å². The van der Waals surface area contributed by atoms with Crippen LogP contribution in [0.25, 0.3) is 0 Å². The number of hydrogen-bond donors (Lipinski definition) is 2. The maximum atomic E-state index is 11.9. The topological polar surface area (TPSA) is 112 Å². The normalized spacial score (nSPS) is 10.9. The molecular formula is C20H20BrN5O3S2. The standard InChI is InChI=1S/C20H20BrN5O3S2/c1-12-4-3-5-13(6-12)10-29-18-15(21)7-14(8-16(18)28-2)9-23-24-17(27)11-30-20-26-25-19(22)31-20/h3-9H,10-11H2,1-2H3,(H2,22,25)(H,24,27). The Morgan fingerprint density at radius 2 is 2.19 bits per heavy atom. The maximum Gasteiger partial charge on any atom is 0.250 e. The van der Waals surface area contributed by atoms with Gasteiger partial charge in [0.05, 0.1) is 23.5 Å². The quantitative estimate of drug-likeness (QED) is 0.248. The van der Waals surface area contributed by atoms with E-state index >= 15 is 0 Å². The predicted molar refractivity (Wildman–Crippen MR) is 127 cm³/mol. The number of nitrogens with two attached hydrogens (primary N) is 1. The number of halogens is 1. The molecule has 1 heterocycles. The van der Waals surface area contributed by atoms with Gasteiger partial charge in [-0.25, -0.2) is 5.43 Å². The number of hydrogen-bond acceptors (Lipinski definition) is 9. The number of aromatic nitrogens is 2. The molecule has 162 valence electrons. The lowest BCUT2D eigenvalue weighted by atomic mass is 10.1. The van der Waals surface area contributed by atoms with E-state index in [0.717, 1.165) is 15.6 Å². The van der Waals surface area contributed by atoms with E-state index in [1.165, 1.54) is 34.9 Å². The Kier molecular flexibility index (Phi) is 8.27. The van der Waals surface area contributed by atoms with Crippen molar-refractivity contribution in [3.63, 3.8) is 0 Å². The van der Waals surface area contributed by atoms with Gasteiger partial charge in [0, 0.05) is 0 Å². The average molecular weight is 522 g/mol. The number of rotatable bonds is 9. The molecule has 8 nitrogen and oxygen atoms in total. The lowest BCUT2D eigenvalue weighted by Gasteiger charge is -2.13. The Balaban J connectivity index is 1.58. The highest BCUT2D eigenvalue weighted by atomic mass is 79.9. The monoisotopic (exact) mass is 521 g/mol. The molecule has 0 aliphatic carbocycles. The molecule has 1 amide bonds. The third-order valence-corrected chi connectivity index (χ3v) is 6.34. The van der Waals surface area contributed by atoms with Crippen LogP contribution in [0.3, 0.4) is 0 Å². The highest BCUT2D eigenvalue weighted by Gasteiger charge is 2.12. The number of carbonyl (C=O) groups excluding carboxylic acids is 1. The molecule has 0 aliphatic rings. The fourth-order valence-corrected chi connectivity index (χ4v) is 4.53. The first-order valence-corrected chi connectivity index (χ1v) is 11.6. The average Bonchev–Trinajstić information content (AvgIpc) is 3.16. The zero-order valence-electron chi connectivity index (χ0n) is 16.8. The number of thioether (sulfide) groups is 1. The molecule has 2 aromatic carbocycles. The van der Waals surface area contributed by atoms with Crippen LogP contribution in [0.1, 0.15) is 16.7 Å². The second-order valence-corrected chi connectivity index (χ2v) is 9.39. The van der Waals surface area contributed by atoms with Crippen LogP contribution in [0, 0.1) is 6.92 Å². The van der Waals surface area contributed by atoms with E-state index in [2.05, 4.69) is 42.7 Å². The van der Waals surface area contributed by atoms with Crippen molar-refractivity contribution in [2.45, 2.75) is 17.9 Å². The van der Waals surface area contributed by atoms with E-state index in [-0.39, 0.29) is 11.7 Å². The molecule has 0 unspecified atom stereocenters. The van der Waals surface area contributed by atoms with E-state index in [0.29, 0.717) is 27.6 Å². The second kappa shape index (κ2) is 11.1. The lowest BCUT2D eigenvalue weighted by Crippen LogP contribution is -2.19. The number of benzene rings is 2. The van der Waals surface area contributed by atoms with Crippen LogP contribution in [0.2, 0.25) is 0 Å². The molecule has 0 fully saturated rings. The van der Waals surface area contributed by atoms with Gasteiger partial charge in [-0.05, 0) is 46.1 Å². The summed E-state index contributed by atoms with van der Waals surface area (Å²) in [5, 5.41) is 11.9. The molecule has 0 saturated carbocycles. The van der Waals surface area contributed by atoms with Gasteiger partial charge in [-0.2, -0.15) is 5.10 Å². The number of ether oxygens (including phenoxy) is 2. The molecule has 1 aromatic heterocycles. The number of methoxy groups -OCH3 is 1. The molecule has 31 heavy (non-hydrogen) atoms. The van der Waals surface area contributed by atoms with Gasteiger partial charge in [-0.3, -0.25) is 4.79 Å². The van der Waals surface area contributed by atoms with Gasteiger partial charge < -0.3 is 15.2 Å². The smallest absolute Gasteiger partial charge is 0.250 e. The number of hydrazone groups is 1. The summed E-state index contributed by atoms with van der Waals surface area (Å²) >= 11 is 6.00. The first-order chi connectivity index (χ1) is 14.9. The Bertz CT molecular complexity index is 1090. The molecule has 0 bridgehead atoms. The zero-order valence-corrected chi connectivity index (χ0v) is 20.0. The summed E-state index contributed by atoms with van der Waals surface area (Å²) in [6.45, 7) is 2.45. The minimum absolute atomic E-state index is 0.157. The summed E-state index contributed by atoms with van der Waals surface area (Å²) in [5.74, 6) is 1.04. The van der Waals surface area contributed by atoms with Crippen molar-refractivity contribution >= 4 is 56.3 Å². The SMILES string of the molecule is COc1cc(C=NNC(=O)CSc2nnc(N)s2)cc(Br)c1OCc1cccc(C)c1. The van der Waals surface area contributed by atoms with E-state index < -0.39 is 0 Å². The third-order valence-electron chi connectivity index (χ3n) is 3.87.